The van der Waals surface area contributed by atoms with Crippen molar-refractivity contribution in [1.82, 2.24) is 0 Å². The van der Waals surface area contributed by atoms with E-state index in [0.29, 0.717) is 12.8 Å². The number of allylic oxidation sites excluding steroid dienone is 6. The Bertz CT molecular complexity index is 1080. The van der Waals surface area contributed by atoms with E-state index in [1.54, 1.807) is 0 Å². The van der Waals surface area contributed by atoms with Crippen LogP contribution in [-0.4, -0.2) is 59.9 Å². The fourth-order valence-electron chi connectivity index (χ4n) is 5.68. The summed E-state index contributed by atoms with van der Waals surface area (Å²) in [6.45, 7) is 2.75. The number of esters is 2. The predicted molar refractivity (Wildman–Crippen MR) is 222 cm³/mol. The maximum atomic E-state index is 12.6. The Hall–Kier alpha value is -2.30. The van der Waals surface area contributed by atoms with Gasteiger partial charge in [-0.15, -0.1) is 0 Å². The Balaban J connectivity index is 4.39. The van der Waals surface area contributed by atoms with Gasteiger partial charge < -0.3 is 25.2 Å². The number of hydrogen-bond acceptors (Lipinski definition) is 9. The third-order valence-corrected chi connectivity index (χ3v) is 10.1. The molecule has 0 bridgehead atoms. The third kappa shape index (κ3) is 38.4. The molecule has 0 rings (SSSR count). The quantitative estimate of drug-likeness (QED) is 0.0233. The molecule has 0 aromatic carbocycles. The Labute approximate surface area is 333 Å². The normalized spacial score (nSPS) is 14.1. The molecule has 0 fully saturated rings. The molecule has 3 atom stereocenters. The number of phosphoric acid groups is 1. The fraction of sp³-hybridized carbons (Fsp3) is 0.791. The molecule has 0 aromatic heterocycles. The molecule has 0 saturated heterocycles. The van der Waals surface area contributed by atoms with Crippen molar-refractivity contribution in [3.8, 4) is 0 Å². The lowest BCUT2D eigenvalue weighted by Crippen LogP contribution is -2.34. The molecule has 0 amide bonds. The number of carboxylic acid groups (broad SMARTS) is 1. The summed E-state index contributed by atoms with van der Waals surface area (Å²) >= 11 is 0. The van der Waals surface area contributed by atoms with Crippen molar-refractivity contribution >= 4 is 25.7 Å². The first-order chi connectivity index (χ1) is 26.6. The molecule has 0 heterocycles. The van der Waals surface area contributed by atoms with E-state index in [9.17, 15) is 23.8 Å². The van der Waals surface area contributed by atoms with Crippen LogP contribution < -0.4 is 5.73 Å². The molecule has 0 radical (unpaired) electrons. The third-order valence-electron chi connectivity index (χ3n) is 9.11. The lowest BCUT2D eigenvalue weighted by atomic mass is 10.1. The molecule has 0 spiro atoms. The summed E-state index contributed by atoms with van der Waals surface area (Å²) < 4.78 is 32.7. The lowest BCUT2D eigenvalue weighted by molar-refractivity contribution is -0.161. The van der Waals surface area contributed by atoms with Crippen LogP contribution in [0.5, 0.6) is 0 Å². The van der Waals surface area contributed by atoms with E-state index in [1.165, 1.54) is 70.6 Å². The number of hydrogen-bond donors (Lipinski definition) is 3. The zero-order chi connectivity index (χ0) is 40.7. The molecule has 0 aliphatic heterocycles. The fourth-order valence-corrected chi connectivity index (χ4v) is 6.46. The van der Waals surface area contributed by atoms with Crippen molar-refractivity contribution in [2.75, 3.05) is 19.8 Å². The minimum absolute atomic E-state index is 0.151. The van der Waals surface area contributed by atoms with Gasteiger partial charge in [0.25, 0.3) is 0 Å². The number of carbonyl (C=O) groups is 3. The molecule has 55 heavy (non-hydrogen) atoms. The van der Waals surface area contributed by atoms with Crippen LogP contribution in [0.2, 0.25) is 0 Å². The average Bonchev–Trinajstić information content (AvgIpc) is 3.16. The van der Waals surface area contributed by atoms with Crippen LogP contribution in [0.25, 0.3) is 0 Å². The Morgan fingerprint density at radius 1 is 0.564 bits per heavy atom. The van der Waals surface area contributed by atoms with Crippen LogP contribution in [0.4, 0.5) is 0 Å². The SMILES string of the molecule is CCCCC/C=C\C/C=C\CCCCCCCCCC(=O)O[C@H](COC(=O)CCCCCCC/C=C\CCCCCCC)COP(=O)(O)OC[C@H](N)C(=O)O. The van der Waals surface area contributed by atoms with Crippen LogP contribution in [0.1, 0.15) is 187 Å². The molecule has 1 unspecified atom stereocenters. The highest BCUT2D eigenvalue weighted by Gasteiger charge is 2.28. The molecule has 0 aromatic rings. The van der Waals surface area contributed by atoms with Gasteiger partial charge in [-0.2, -0.15) is 0 Å². The first-order valence-corrected chi connectivity index (χ1v) is 23.0. The van der Waals surface area contributed by atoms with Gasteiger partial charge in [-0.05, 0) is 70.6 Å². The maximum Gasteiger partial charge on any atom is 0.472 e. The van der Waals surface area contributed by atoms with Gasteiger partial charge in [0.2, 0.25) is 0 Å². The summed E-state index contributed by atoms with van der Waals surface area (Å²) in [6, 6.07) is -1.52. The molecular weight excluding hydrogens is 721 g/mol. The first-order valence-electron chi connectivity index (χ1n) is 21.5. The molecule has 11 nitrogen and oxygen atoms in total. The highest BCUT2D eigenvalue weighted by atomic mass is 31.2. The number of carbonyl (C=O) groups excluding carboxylic acids is 2. The van der Waals surface area contributed by atoms with Crippen molar-refractivity contribution in [2.45, 2.75) is 199 Å². The number of ether oxygens (including phenoxy) is 2. The summed E-state index contributed by atoms with van der Waals surface area (Å²) in [4.78, 5) is 45.9. The van der Waals surface area contributed by atoms with Crippen LogP contribution in [0, 0.1) is 0 Å². The molecule has 320 valence electrons. The van der Waals surface area contributed by atoms with Gasteiger partial charge in [0, 0.05) is 12.8 Å². The molecule has 4 N–H and O–H groups in total. The van der Waals surface area contributed by atoms with Gasteiger partial charge in [0.1, 0.15) is 12.6 Å². The molecule has 0 aliphatic rings. The largest absolute Gasteiger partial charge is 0.480 e. The number of phosphoric ester groups is 1. The highest BCUT2D eigenvalue weighted by molar-refractivity contribution is 7.47. The number of rotatable bonds is 40. The van der Waals surface area contributed by atoms with Crippen LogP contribution in [-0.2, 0) is 37.5 Å². The van der Waals surface area contributed by atoms with E-state index in [0.717, 1.165) is 77.0 Å². The zero-order valence-corrected chi connectivity index (χ0v) is 35.4. The summed E-state index contributed by atoms with van der Waals surface area (Å²) in [5.74, 6) is -2.40. The van der Waals surface area contributed by atoms with Crippen molar-refractivity contribution in [2.24, 2.45) is 5.73 Å². The average molecular weight is 800 g/mol. The summed E-state index contributed by atoms with van der Waals surface area (Å²) in [6.07, 6.45) is 40.6. The maximum absolute atomic E-state index is 12.6. The van der Waals surface area contributed by atoms with E-state index in [1.807, 2.05) is 0 Å². The lowest BCUT2D eigenvalue weighted by Gasteiger charge is -2.20. The van der Waals surface area contributed by atoms with Crippen LogP contribution in [0.3, 0.4) is 0 Å². The standard InChI is InChI=1S/C43H78NO10P/c1-3-5-7-9-11-13-15-17-19-20-21-23-25-27-29-31-33-35-42(46)54-39(37-52-55(49,50)53-38-40(44)43(47)48)36-51-41(45)34-32-30-28-26-24-22-18-16-14-12-10-8-6-4-2/h11,13,16-19,39-40H,3-10,12,14-15,20-38,44H2,1-2H3,(H,47,48)(H,49,50)/b13-11-,18-16-,19-17-/t39-,40+/m1/s1. The van der Waals surface area contributed by atoms with E-state index in [4.69, 9.17) is 24.8 Å². The Morgan fingerprint density at radius 3 is 1.47 bits per heavy atom. The van der Waals surface area contributed by atoms with Gasteiger partial charge in [-0.1, -0.05) is 140 Å². The second kappa shape index (κ2) is 38.6. The highest BCUT2D eigenvalue weighted by Crippen LogP contribution is 2.43. The van der Waals surface area contributed by atoms with Crippen LogP contribution in [0.15, 0.2) is 36.5 Å². The second-order valence-corrected chi connectivity index (χ2v) is 15.9. The monoisotopic (exact) mass is 800 g/mol. The Morgan fingerprint density at radius 2 is 0.964 bits per heavy atom. The van der Waals surface area contributed by atoms with E-state index in [2.05, 4.69) is 54.8 Å². The molecule has 0 aliphatic carbocycles. The van der Waals surface area contributed by atoms with Gasteiger partial charge in [-0.3, -0.25) is 23.4 Å². The van der Waals surface area contributed by atoms with Crippen molar-refractivity contribution in [3.63, 3.8) is 0 Å². The van der Waals surface area contributed by atoms with Crippen LogP contribution >= 0.6 is 7.82 Å². The molecular formula is C43H78NO10P. The Kier molecular flexibility index (Phi) is 37.0. The van der Waals surface area contributed by atoms with E-state index in [-0.39, 0.29) is 19.4 Å². The van der Waals surface area contributed by atoms with Gasteiger partial charge in [0.05, 0.1) is 13.2 Å². The zero-order valence-electron chi connectivity index (χ0n) is 34.5. The summed E-state index contributed by atoms with van der Waals surface area (Å²) in [7, 11) is -4.72. The van der Waals surface area contributed by atoms with Gasteiger partial charge >= 0.3 is 25.7 Å². The van der Waals surface area contributed by atoms with Gasteiger partial charge in [0.15, 0.2) is 6.10 Å². The number of aliphatic carboxylic acids is 1. The van der Waals surface area contributed by atoms with E-state index < -0.39 is 51.1 Å². The van der Waals surface area contributed by atoms with Crippen molar-refractivity contribution < 1.29 is 47.5 Å². The number of nitrogens with two attached hydrogens (primary N) is 1. The van der Waals surface area contributed by atoms with Crippen molar-refractivity contribution in [3.05, 3.63) is 36.5 Å². The minimum Gasteiger partial charge on any atom is -0.480 e. The number of unbranched alkanes of at least 4 members (excludes halogenated alkanes) is 20. The topological polar surface area (TPSA) is 172 Å². The molecule has 0 saturated carbocycles. The first kappa shape index (κ1) is 52.7. The minimum atomic E-state index is -4.72. The summed E-state index contributed by atoms with van der Waals surface area (Å²) in [5, 5.41) is 8.88. The second-order valence-electron chi connectivity index (χ2n) is 14.5. The van der Waals surface area contributed by atoms with E-state index >= 15 is 0 Å². The van der Waals surface area contributed by atoms with Crippen molar-refractivity contribution in [1.29, 1.82) is 0 Å². The van der Waals surface area contributed by atoms with Gasteiger partial charge in [-0.25, -0.2) is 4.57 Å². The number of carboxylic acids is 1. The smallest absolute Gasteiger partial charge is 0.472 e. The molecule has 12 heteroatoms. The summed E-state index contributed by atoms with van der Waals surface area (Å²) in [5.41, 5.74) is 5.33. The predicted octanol–water partition coefficient (Wildman–Crippen LogP) is 11.2.